The lowest BCUT2D eigenvalue weighted by molar-refractivity contribution is -0.137. The number of rotatable bonds is 5. The molecule has 1 aliphatic carbocycles. The number of benzene rings is 2. The Balaban J connectivity index is 1.10. The predicted octanol–water partition coefficient (Wildman–Crippen LogP) is 3.40. The Morgan fingerprint density at radius 3 is 2.39 bits per heavy atom. The number of nitrogens with one attached hydrogen (secondary N) is 1. The molecule has 8 nitrogen and oxygen atoms in total. The summed E-state index contributed by atoms with van der Waals surface area (Å²) in [6, 6.07) is 8.55. The maximum absolute atomic E-state index is 15.1. The molecule has 1 unspecified atom stereocenters. The van der Waals surface area contributed by atoms with Crippen molar-refractivity contribution in [1.29, 1.82) is 0 Å². The summed E-state index contributed by atoms with van der Waals surface area (Å²) in [6.07, 6.45) is 3.88. The summed E-state index contributed by atoms with van der Waals surface area (Å²) in [4.78, 5) is 55.7. The molecule has 0 spiro atoms. The Kier molecular flexibility index (Phi) is 7.42. The minimum atomic E-state index is -0.743. The van der Waals surface area contributed by atoms with Crippen molar-refractivity contribution >= 4 is 29.2 Å². The van der Waals surface area contributed by atoms with Crippen molar-refractivity contribution in [2.45, 2.75) is 57.7 Å². The lowest BCUT2D eigenvalue weighted by atomic mass is 9.86. The largest absolute Gasteiger partial charge is 0.336 e. The number of fused-ring (bicyclic) bond motifs is 1. The Morgan fingerprint density at radius 2 is 1.66 bits per heavy atom. The molecule has 2 fully saturated rings. The fourth-order valence-corrected chi connectivity index (χ4v) is 6.41. The molecular weight excluding hydrogens is 530 g/mol. The molecule has 3 heterocycles. The molecule has 214 valence electrons. The molecule has 4 amide bonds. The third kappa shape index (κ3) is 5.40. The highest BCUT2D eigenvalue weighted by Crippen LogP contribution is 2.34. The summed E-state index contributed by atoms with van der Waals surface area (Å²) >= 11 is 0. The second-order valence-electron chi connectivity index (χ2n) is 11.2. The van der Waals surface area contributed by atoms with Crippen molar-refractivity contribution in [3.05, 3.63) is 75.9 Å². The van der Waals surface area contributed by atoms with Crippen LogP contribution in [0, 0.1) is 11.6 Å². The van der Waals surface area contributed by atoms with Crippen LogP contribution in [-0.4, -0.2) is 70.5 Å². The molecule has 2 aromatic rings. The molecule has 4 aliphatic rings. The molecule has 10 heteroatoms. The van der Waals surface area contributed by atoms with Gasteiger partial charge in [0.2, 0.25) is 17.7 Å². The Morgan fingerprint density at radius 1 is 0.927 bits per heavy atom. The van der Waals surface area contributed by atoms with Crippen molar-refractivity contribution in [3.8, 4) is 0 Å². The fourth-order valence-electron chi connectivity index (χ4n) is 6.41. The van der Waals surface area contributed by atoms with Gasteiger partial charge in [0.25, 0.3) is 5.91 Å². The van der Waals surface area contributed by atoms with Gasteiger partial charge in [0.1, 0.15) is 17.7 Å². The van der Waals surface area contributed by atoms with Crippen LogP contribution in [0.4, 0.5) is 8.78 Å². The van der Waals surface area contributed by atoms with Crippen molar-refractivity contribution in [1.82, 2.24) is 20.0 Å². The van der Waals surface area contributed by atoms with E-state index in [0.717, 1.165) is 36.0 Å². The van der Waals surface area contributed by atoms with Crippen LogP contribution in [0.1, 0.15) is 65.6 Å². The summed E-state index contributed by atoms with van der Waals surface area (Å²) in [5.41, 5.74) is 4.10. The normalized spacial score (nSPS) is 21.8. The first-order valence-corrected chi connectivity index (χ1v) is 14.2. The van der Waals surface area contributed by atoms with E-state index in [1.165, 1.54) is 23.1 Å². The Bertz CT molecular complexity index is 1450. The zero-order valence-corrected chi connectivity index (χ0v) is 22.8. The standard InChI is InChI=1S/C31H32F2N4O4/c32-22-7-5-19(6-8-22)23-3-1-2-4-24(23)30(40)36-13-11-35(12-14-36)17-21-15-20-18-37(31(41)25(20)16-26(21)33)27-9-10-28(38)34-29(27)39/h5-8,15-16,27H,1-4,9-14,17-18H2,(H,34,38,39). The lowest BCUT2D eigenvalue weighted by Gasteiger charge is -2.36. The Hall–Kier alpha value is -3.92. The summed E-state index contributed by atoms with van der Waals surface area (Å²) in [6.45, 7) is 2.75. The van der Waals surface area contributed by atoms with E-state index in [9.17, 15) is 23.6 Å². The number of imide groups is 1. The molecule has 0 saturated carbocycles. The van der Waals surface area contributed by atoms with Gasteiger partial charge in [-0.25, -0.2) is 8.78 Å². The first kappa shape index (κ1) is 27.3. The van der Waals surface area contributed by atoms with Gasteiger partial charge in [-0.3, -0.25) is 29.4 Å². The molecular formula is C31H32F2N4O4. The molecule has 1 atom stereocenters. The van der Waals surface area contributed by atoms with Crippen LogP contribution in [0.3, 0.4) is 0 Å². The highest BCUT2D eigenvalue weighted by molar-refractivity contribution is 6.05. The maximum Gasteiger partial charge on any atom is 0.255 e. The van der Waals surface area contributed by atoms with Crippen LogP contribution in [-0.2, 0) is 27.5 Å². The average Bonchev–Trinajstić information content (AvgIpc) is 3.28. The van der Waals surface area contributed by atoms with Crippen molar-refractivity contribution in [3.63, 3.8) is 0 Å². The molecule has 0 radical (unpaired) electrons. The van der Waals surface area contributed by atoms with E-state index in [4.69, 9.17) is 0 Å². The van der Waals surface area contributed by atoms with E-state index < -0.39 is 23.7 Å². The number of hydrogen-bond donors (Lipinski definition) is 1. The van der Waals surface area contributed by atoms with Crippen LogP contribution < -0.4 is 5.32 Å². The van der Waals surface area contributed by atoms with E-state index >= 15 is 4.39 Å². The molecule has 2 saturated heterocycles. The lowest BCUT2D eigenvalue weighted by Crippen LogP contribution is -2.52. The highest BCUT2D eigenvalue weighted by Gasteiger charge is 2.39. The van der Waals surface area contributed by atoms with Crippen LogP contribution in [0.5, 0.6) is 0 Å². The van der Waals surface area contributed by atoms with Gasteiger partial charge in [-0.2, -0.15) is 0 Å². The van der Waals surface area contributed by atoms with Gasteiger partial charge in [0.05, 0.1) is 0 Å². The third-order valence-electron chi connectivity index (χ3n) is 8.66. The number of amides is 4. The number of allylic oxidation sites excluding steroid dienone is 1. The molecule has 3 aliphatic heterocycles. The molecule has 0 aromatic heterocycles. The minimum Gasteiger partial charge on any atom is -0.336 e. The monoisotopic (exact) mass is 562 g/mol. The van der Waals surface area contributed by atoms with Crippen molar-refractivity contribution in [2.24, 2.45) is 0 Å². The quantitative estimate of drug-likeness (QED) is 0.565. The number of nitrogens with zero attached hydrogens (tertiary/aromatic N) is 3. The van der Waals surface area contributed by atoms with Gasteiger partial charge >= 0.3 is 0 Å². The average molecular weight is 563 g/mol. The molecule has 6 rings (SSSR count). The van der Waals surface area contributed by atoms with E-state index in [2.05, 4.69) is 10.2 Å². The predicted molar refractivity (Wildman–Crippen MR) is 146 cm³/mol. The summed E-state index contributed by atoms with van der Waals surface area (Å²) in [7, 11) is 0. The van der Waals surface area contributed by atoms with Gasteiger partial charge < -0.3 is 9.80 Å². The SMILES string of the molecule is O=C1CCC(N2Cc3cc(CN4CCN(C(=O)C5=C(c6ccc(F)cc6)CCCC5)CC4)c(F)cc3C2=O)C(=O)N1. The maximum atomic E-state index is 15.1. The number of piperazine rings is 1. The van der Waals surface area contributed by atoms with Gasteiger partial charge in [-0.1, -0.05) is 12.1 Å². The second kappa shape index (κ2) is 11.2. The summed E-state index contributed by atoms with van der Waals surface area (Å²) < 4.78 is 28.6. The molecule has 41 heavy (non-hydrogen) atoms. The number of piperidine rings is 1. The zero-order valence-electron chi connectivity index (χ0n) is 22.8. The topological polar surface area (TPSA) is 90.0 Å². The second-order valence-corrected chi connectivity index (χ2v) is 11.2. The van der Waals surface area contributed by atoms with E-state index in [1.54, 1.807) is 18.2 Å². The first-order valence-electron chi connectivity index (χ1n) is 14.2. The highest BCUT2D eigenvalue weighted by atomic mass is 19.1. The molecule has 1 N–H and O–H groups in total. The smallest absolute Gasteiger partial charge is 0.255 e. The number of halogens is 2. The number of hydrogen-bond acceptors (Lipinski definition) is 5. The van der Waals surface area contributed by atoms with Crippen molar-refractivity contribution < 1.29 is 28.0 Å². The molecule has 2 aromatic carbocycles. The Labute approximate surface area is 237 Å². The van der Waals surface area contributed by atoms with E-state index in [0.29, 0.717) is 50.3 Å². The van der Waals surface area contributed by atoms with E-state index in [1.807, 2.05) is 4.90 Å². The number of carbonyl (C=O) groups excluding carboxylic acids is 4. The van der Waals surface area contributed by atoms with Crippen LogP contribution in [0.25, 0.3) is 5.57 Å². The fraction of sp³-hybridized carbons (Fsp3) is 0.419. The van der Waals surface area contributed by atoms with E-state index in [-0.39, 0.29) is 42.6 Å². The van der Waals surface area contributed by atoms with Gasteiger partial charge in [-0.05, 0) is 73.1 Å². The van der Waals surface area contributed by atoms with Crippen LogP contribution in [0.2, 0.25) is 0 Å². The van der Waals surface area contributed by atoms with Gasteiger partial charge in [-0.15, -0.1) is 0 Å². The minimum absolute atomic E-state index is 0.0273. The summed E-state index contributed by atoms with van der Waals surface area (Å²) in [5.74, 6) is -1.99. The van der Waals surface area contributed by atoms with Crippen LogP contribution >= 0.6 is 0 Å². The number of carbonyl (C=O) groups is 4. The zero-order chi connectivity index (χ0) is 28.7. The van der Waals surface area contributed by atoms with Crippen molar-refractivity contribution in [2.75, 3.05) is 26.2 Å². The molecule has 0 bridgehead atoms. The van der Waals surface area contributed by atoms with Crippen LogP contribution in [0.15, 0.2) is 42.0 Å². The van der Waals surface area contributed by atoms with Gasteiger partial charge in [0.15, 0.2) is 0 Å². The van der Waals surface area contributed by atoms with Gasteiger partial charge in [0, 0.05) is 62.4 Å². The summed E-state index contributed by atoms with van der Waals surface area (Å²) in [5, 5.41) is 2.28. The first-order chi connectivity index (χ1) is 19.8. The third-order valence-corrected chi connectivity index (χ3v) is 8.66.